The van der Waals surface area contributed by atoms with Gasteiger partial charge in [-0.3, -0.25) is 0 Å². The van der Waals surface area contributed by atoms with Gasteiger partial charge in [-0.25, -0.2) is 0 Å². The molecule has 3 heterocycles. The Morgan fingerprint density at radius 3 is 1.87 bits per heavy atom. The molecule has 0 bridgehead atoms. The van der Waals surface area contributed by atoms with Gasteiger partial charge in [0.25, 0.3) is 6.71 Å². The normalized spacial score (nSPS) is 18.4. The standard InChI is InChI=1S/C50H62BNS/c1-29-23-37-42-39(24-29)52(32-18-20-33-35(28-32)49(13,14)22-21-48(33,11)12)43-41-36(47(8,9)10)25-31(46(5,6)7)27-40(41)53-44(43)51(42)38-26-30(45(2,3)4)17-19-34(38)50(37,15)16/h17-20,23-28H,21-22H2,1-16H3. The smallest absolute Gasteiger partial charge is 0.260 e. The SMILES string of the molecule is Cc1cc2c3c(c1)C(C)(C)c1ccc(C(C)(C)C)cc1B3c1sc3cc(C(C)(C)C)cc(C(C)(C)C)c3c1N2c1ccc2c(c1)C(C)(C)CCC2(C)C. The molecule has 0 spiro atoms. The summed E-state index contributed by atoms with van der Waals surface area (Å²) in [5.41, 5.74) is 18.9. The number of benzene rings is 4. The van der Waals surface area contributed by atoms with Crippen LogP contribution < -0.4 is 20.6 Å². The lowest BCUT2D eigenvalue weighted by molar-refractivity contribution is 0.332. The minimum Gasteiger partial charge on any atom is -0.310 e. The third kappa shape index (κ3) is 5.44. The minimum atomic E-state index is -0.129. The van der Waals surface area contributed by atoms with Crippen molar-refractivity contribution in [3.63, 3.8) is 0 Å². The first-order valence-corrected chi connectivity index (χ1v) is 21.0. The second-order valence-electron chi connectivity index (χ2n) is 21.9. The fourth-order valence-corrected chi connectivity index (χ4v) is 11.4. The summed E-state index contributed by atoms with van der Waals surface area (Å²) in [6.45, 7) is 38.7. The van der Waals surface area contributed by atoms with E-state index in [1.807, 2.05) is 0 Å². The van der Waals surface area contributed by atoms with Crippen LogP contribution in [0.4, 0.5) is 17.1 Å². The second kappa shape index (κ2) is 11.1. The van der Waals surface area contributed by atoms with E-state index in [4.69, 9.17) is 0 Å². The summed E-state index contributed by atoms with van der Waals surface area (Å²) in [6.07, 6.45) is 2.42. The summed E-state index contributed by atoms with van der Waals surface area (Å²) < 4.78 is 2.91. The lowest BCUT2D eigenvalue weighted by Crippen LogP contribution is -2.63. The van der Waals surface area contributed by atoms with Crippen LogP contribution in [0.15, 0.2) is 60.7 Å². The maximum atomic E-state index is 2.73. The second-order valence-corrected chi connectivity index (χ2v) is 23.0. The topological polar surface area (TPSA) is 3.24 Å². The van der Waals surface area contributed by atoms with Crippen molar-refractivity contribution in [2.75, 3.05) is 4.90 Å². The summed E-state index contributed by atoms with van der Waals surface area (Å²) in [6, 6.07) is 25.2. The lowest BCUT2D eigenvalue weighted by atomic mass is 9.32. The molecule has 4 aromatic carbocycles. The number of nitrogens with zero attached hydrogens (tertiary/aromatic N) is 1. The Kier molecular flexibility index (Phi) is 7.71. The van der Waals surface area contributed by atoms with E-state index in [0.29, 0.717) is 0 Å². The van der Waals surface area contributed by atoms with Crippen LogP contribution in [0.1, 0.15) is 161 Å². The van der Waals surface area contributed by atoms with E-state index in [9.17, 15) is 0 Å². The van der Waals surface area contributed by atoms with Crippen LogP contribution in [0.2, 0.25) is 0 Å². The predicted molar refractivity (Wildman–Crippen MR) is 236 cm³/mol. The third-order valence-corrected chi connectivity index (χ3v) is 14.6. The van der Waals surface area contributed by atoms with Gasteiger partial charge in [0.05, 0.1) is 5.69 Å². The molecule has 0 fully saturated rings. The molecule has 53 heavy (non-hydrogen) atoms. The Morgan fingerprint density at radius 2 is 1.25 bits per heavy atom. The molecule has 0 N–H and O–H groups in total. The van der Waals surface area contributed by atoms with E-state index < -0.39 is 0 Å². The number of thiophene rings is 1. The Hall–Kier alpha value is -3.30. The number of hydrogen-bond donors (Lipinski definition) is 0. The van der Waals surface area contributed by atoms with Gasteiger partial charge in [-0.15, -0.1) is 11.3 Å². The van der Waals surface area contributed by atoms with Gasteiger partial charge in [0.15, 0.2) is 0 Å². The number of aryl methyl sites for hydroxylation is 1. The van der Waals surface area contributed by atoms with E-state index in [0.717, 1.165) is 0 Å². The quantitative estimate of drug-likeness (QED) is 0.153. The minimum absolute atomic E-state index is 0.0359. The van der Waals surface area contributed by atoms with Gasteiger partial charge in [-0.1, -0.05) is 146 Å². The average Bonchev–Trinajstić information content (AvgIpc) is 3.42. The molecule has 5 aromatic rings. The zero-order valence-corrected chi connectivity index (χ0v) is 36.4. The van der Waals surface area contributed by atoms with Crippen molar-refractivity contribution in [2.45, 2.75) is 156 Å². The fourth-order valence-electron chi connectivity index (χ4n) is 9.97. The summed E-state index contributed by atoms with van der Waals surface area (Å²) in [5.74, 6) is 0. The van der Waals surface area contributed by atoms with Crippen molar-refractivity contribution in [1.29, 1.82) is 0 Å². The maximum absolute atomic E-state index is 2.73. The fraction of sp³-hybridized carbons (Fsp3) is 0.480. The molecule has 1 nitrogen and oxygen atoms in total. The van der Waals surface area contributed by atoms with E-state index in [2.05, 4.69) is 188 Å². The van der Waals surface area contributed by atoms with E-state index >= 15 is 0 Å². The largest absolute Gasteiger partial charge is 0.310 e. The summed E-state index contributed by atoms with van der Waals surface area (Å²) in [4.78, 5) is 2.73. The van der Waals surface area contributed by atoms with Crippen molar-refractivity contribution in [3.05, 3.63) is 105 Å². The highest BCUT2D eigenvalue weighted by atomic mass is 32.1. The molecule has 0 amide bonds. The van der Waals surface area contributed by atoms with Crippen LogP contribution in [-0.2, 0) is 32.5 Å². The van der Waals surface area contributed by atoms with Crippen molar-refractivity contribution in [2.24, 2.45) is 0 Å². The van der Waals surface area contributed by atoms with Crippen LogP contribution in [0, 0.1) is 6.92 Å². The summed E-state index contributed by atoms with van der Waals surface area (Å²) in [5, 5.41) is 1.44. The Bertz CT molecular complexity index is 2340. The summed E-state index contributed by atoms with van der Waals surface area (Å²) >= 11 is 2.07. The zero-order valence-electron chi connectivity index (χ0n) is 35.6. The molecular formula is C50H62BNS. The highest BCUT2D eigenvalue weighted by Gasteiger charge is 2.49. The van der Waals surface area contributed by atoms with Gasteiger partial charge in [0, 0.05) is 31.7 Å². The molecule has 0 unspecified atom stereocenters. The van der Waals surface area contributed by atoms with Crippen molar-refractivity contribution >= 4 is 60.9 Å². The van der Waals surface area contributed by atoms with E-state index in [1.54, 1.807) is 0 Å². The van der Waals surface area contributed by atoms with Crippen molar-refractivity contribution < 1.29 is 0 Å². The Balaban J connectivity index is 1.55. The first-order chi connectivity index (χ1) is 24.3. The molecule has 276 valence electrons. The van der Waals surface area contributed by atoms with Crippen LogP contribution in [0.5, 0.6) is 0 Å². The van der Waals surface area contributed by atoms with Gasteiger partial charge in [-0.05, 0) is 121 Å². The first kappa shape index (κ1) is 36.7. The van der Waals surface area contributed by atoms with Gasteiger partial charge in [0.2, 0.25) is 0 Å². The molecule has 3 heteroatoms. The first-order valence-electron chi connectivity index (χ1n) is 20.2. The molecule has 0 saturated carbocycles. The molecule has 1 aromatic heterocycles. The number of hydrogen-bond acceptors (Lipinski definition) is 2. The van der Waals surface area contributed by atoms with Crippen LogP contribution >= 0.6 is 11.3 Å². The van der Waals surface area contributed by atoms with Gasteiger partial charge in [-0.2, -0.15) is 0 Å². The number of fused-ring (bicyclic) bond motifs is 7. The summed E-state index contributed by atoms with van der Waals surface area (Å²) in [7, 11) is 0. The molecule has 8 rings (SSSR count). The van der Waals surface area contributed by atoms with Crippen LogP contribution in [0.3, 0.4) is 0 Å². The molecule has 0 atom stereocenters. The predicted octanol–water partition coefficient (Wildman–Crippen LogP) is 12.4. The van der Waals surface area contributed by atoms with Gasteiger partial charge >= 0.3 is 0 Å². The van der Waals surface area contributed by atoms with Crippen LogP contribution in [-0.4, -0.2) is 6.71 Å². The zero-order chi connectivity index (χ0) is 38.6. The molecule has 3 aliphatic rings. The monoisotopic (exact) mass is 719 g/mol. The van der Waals surface area contributed by atoms with Crippen molar-refractivity contribution in [1.82, 2.24) is 0 Å². The van der Waals surface area contributed by atoms with Crippen molar-refractivity contribution in [3.8, 4) is 0 Å². The van der Waals surface area contributed by atoms with E-state index in [-0.39, 0.29) is 39.2 Å². The van der Waals surface area contributed by atoms with Gasteiger partial charge < -0.3 is 4.90 Å². The average molecular weight is 720 g/mol. The number of rotatable bonds is 1. The highest BCUT2D eigenvalue weighted by Crippen LogP contribution is 2.53. The highest BCUT2D eigenvalue weighted by molar-refractivity contribution is 7.33. The Labute approximate surface area is 325 Å². The molecule has 0 radical (unpaired) electrons. The molecule has 1 aliphatic carbocycles. The molecular weight excluding hydrogens is 657 g/mol. The third-order valence-electron chi connectivity index (χ3n) is 13.5. The van der Waals surface area contributed by atoms with Crippen LogP contribution in [0.25, 0.3) is 10.1 Å². The molecule has 2 aliphatic heterocycles. The van der Waals surface area contributed by atoms with Gasteiger partial charge in [0.1, 0.15) is 0 Å². The number of anilines is 3. The maximum Gasteiger partial charge on any atom is 0.260 e. The molecule has 0 saturated heterocycles. The lowest BCUT2D eigenvalue weighted by Gasteiger charge is -2.46. The Morgan fingerprint density at radius 1 is 0.623 bits per heavy atom. The van der Waals surface area contributed by atoms with E-state index in [1.165, 1.54) is 100 Å².